The third-order valence-electron chi connectivity index (χ3n) is 8.24. The number of hydroxylamine groups is 3. The second kappa shape index (κ2) is 11.0. The Labute approximate surface area is 234 Å². The summed E-state index contributed by atoms with van der Waals surface area (Å²) in [6.45, 7) is 1.15. The molecule has 10 heteroatoms. The van der Waals surface area contributed by atoms with Crippen molar-refractivity contribution in [1.29, 1.82) is 0 Å². The molecule has 0 unspecified atom stereocenters. The monoisotopic (exact) mass is 579 g/mol. The molecule has 0 bridgehead atoms. The second-order valence-corrected chi connectivity index (χ2v) is 11.3. The Morgan fingerprint density at radius 3 is 1.54 bits per heavy atom. The quantitative estimate of drug-likeness (QED) is 0.169. The number of ether oxygens (including phenoxy) is 1. The highest BCUT2D eigenvalue weighted by atomic mass is 19.4. The molecular formula is C31H31F6NO3. The number of piperidine rings is 1. The molecule has 0 atom stereocenters. The van der Waals surface area contributed by atoms with Gasteiger partial charge >= 0.3 is 12.4 Å². The largest absolute Gasteiger partial charge is 0.633 e. The van der Waals surface area contributed by atoms with Crippen LogP contribution in [-0.2, 0) is 24.5 Å². The molecule has 1 aliphatic heterocycles. The zero-order chi connectivity index (χ0) is 29.5. The Hall–Kier alpha value is -3.08. The molecule has 1 saturated carbocycles. The lowest BCUT2D eigenvalue weighted by Crippen LogP contribution is -2.51. The van der Waals surface area contributed by atoms with Gasteiger partial charge in [0.25, 0.3) is 0 Å². The number of hydrogen-bond donors (Lipinski definition) is 1. The van der Waals surface area contributed by atoms with Crippen LogP contribution in [0.4, 0.5) is 26.3 Å². The van der Waals surface area contributed by atoms with E-state index in [0.717, 1.165) is 59.8 Å². The Morgan fingerprint density at radius 2 is 1.12 bits per heavy atom. The van der Waals surface area contributed by atoms with Gasteiger partial charge in [0.15, 0.2) is 0 Å². The lowest BCUT2D eigenvalue weighted by Gasteiger charge is -2.50. The van der Waals surface area contributed by atoms with Crippen LogP contribution in [0, 0.1) is 17.0 Å². The highest BCUT2D eigenvalue weighted by Crippen LogP contribution is 2.45. The smallest absolute Gasteiger partial charge is 0.416 e. The van der Waals surface area contributed by atoms with Crippen molar-refractivity contribution in [2.45, 2.75) is 50.2 Å². The van der Waals surface area contributed by atoms with Gasteiger partial charge in [-0.1, -0.05) is 24.3 Å². The minimum Gasteiger partial charge on any atom is -0.633 e. The lowest BCUT2D eigenvalue weighted by molar-refractivity contribution is -0.900. The maximum atomic E-state index is 13.6. The summed E-state index contributed by atoms with van der Waals surface area (Å²) in [5.74, 6) is 0.763. The van der Waals surface area contributed by atoms with Gasteiger partial charge in [-0.25, -0.2) is 0 Å². The zero-order valence-corrected chi connectivity index (χ0v) is 22.2. The van der Waals surface area contributed by atoms with Crippen molar-refractivity contribution in [1.82, 2.24) is 0 Å². The average molecular weight is 580 g/mol. The zero-order valence-electron chi connectivity index (χ0n) is 22.2. The minimum absolute atomic E-state index is 0.128. The molecule has 4 nitrogen and oxygen atoms in total. The van der Waals surface area contributed by atoms with Crippen LogP contribution in [-0.4, -0.2) is 29.4 Å². The fraction of sp³-hybridized carbons (Fsp3) is 0.419. The Morgan fingerprint density at radius 1 is 0.683 bits per heavy atom. The maximum absolute atomic E-state index is 13.6. The van der Waals surface area contributed by atoms with Gasteiger partial charge in [-0.15, -0.1) is 0 Å². The van der Waals surface area contributed by atoms with Crippen LogP contribution >= 0.6 is 0 Å². The fourth-order valence-electron chi connectivity index (χ4n) is 5.60. The molecular weight excluding hydrogens is 548 g/mol. The topological polar surface area (TPSA) is 52.5 Å². The first-order valence-electron chi connectivity index (χ1n) is 13.6. The van der Waals surface area contributed by atoms with Crippen LogP contribution in [0.15, 0.2) is 72.8 Å². The predicted octanol–water partition coefficient (Wildman–Crippen LogP) is 7.67. The van der Waals surface area contributed by atoms with E-state index in [0.29, 0.717) is 12.5 Å². The maximum Gasteiger partial charge on any atom is 0.416 e. The molecule has 220 valence electrons. The summed E-state index contributed by atoms with van der Waals surface area (Å²) in [6.07, 6.45) is -6.35. The molecule has 1 saturated heterocycles. The first-order chi connectivity index (χ1) is 19.3. The lowest BCUT2D eigenvalue weighted by atomic mass is 9.71. The molecule has 2 aliphatic rings. The van der Waals surface area contributed by atoms with Crippen LogP contribution < -0.4 is 4.74 Å². The van der Waals surface area contributed by atoms with Crippen molar-refractivity contribution in [2.24, 2.45) is 11.8 Å². The van der Waals surface area contributed by atoms with Gasteiger partial charge in [-0.3, -0.25) is 0 Å². The Kier molecular flexibility index (Phi) is 7.86. The number of alkyl halides is 6. The molecule has 1 N–H and O–H groups in total. The van der Waals surface area contributed by atoms with E-state index in [1.165, 1.54) is 12.8 Å². The van der Waals surface area contributed by atoms with E-state index < -0.39 is 39.6 Å². The number of hydrogen-bond acceptors (Lipinski definition) is 3. The summed E-state index contributed by atoms with van der Waals surface area (Å²) in [7, 11) is 0. The summed E-state index contributed by atoms with van der Waals surface area (Å²) in [4.78, 5) is 0. The molecule has 2 fully saturated rings. The average Bonchev–Trinajstić information content (AvgIpc) is 3.76. The molecule has 41 heavy (non-hydrogen) atoms. The van der Waals surface area contributed by atoms with E-state index in [-0.39, 0.29) is 43.6 Å². The first kappa shape index (κ1) is 29.4. The Balaban J connectivity index is 1.35. The molecule has 0 amide bonds. The van der Waals surface area contributed by atoms with Gasteiger partial charge in [0, 0.05) is 24.3 Å². The van der Waals surface area contributed by atoms with Crippen molar-refractivity contribution >= 4 is 0 Å². The first-order valence-corrected chi connectivity index (χ1v) is 13.6. The molecule has 3 aromatic rings. The van der Waals surface area contributed by atoms with Gasteiger partial charge in [0.05, 0.1) is 30.8 Å². The molecule has 5 rings (SSSR count). The predicted molar refractivity (Wildman–Crippen MR) is 140 cm³/mol. The molecule has 1 aliphatic carbocycles. The van der Waals surface area contributed by atoms with Crippen molar-refractivity contribution < 1.29 is 40.8 Å². The Bertz CT molecular complexity index is 1250. The summed E-state index contributed by atoms with van der Waals surface area (Å²) >= 11 is 0. The van der Waals surface area contributed by atoms with E-state index in [2.05, 4.69) is 0 Å². The third-order valence-corrected chi connectivity index (χ3v) is 8.24. The van der Waals surface area contributed by atoms with Gasteiger partial charge in [-0.05, 0) is 78.4 Å². The van der Waals surface area contributed by atoms with Gasteiger partial charge in [0.2, 0.25) is 0 Å². The minimum atomic E-state index is -4.59. The third kappa shape index (κ3) is 6.71. The SMILES string of the molecule is [O-][N+]1(Cc2ccc(OCC3CC3)cc2)CCC(C(O)(c2ccc(C(F)(F)F)cc2)c2ccc(C(F)(F)F)cc2)CC1. The number of aliphatic hydroxyl groups is 1. The summed E-state index contributed by atoms with van der Waals surface area (Å²) < 4.78 is 84.4. The van der Waals surface area contributed by atoms with Gasteiger partial charge in [-0.2, -0.15) is 26.3 Å². The number of benzene rings is 3. The molecule has 0 spiro atoms. The molecule has 0 aromatic heterocycles. The fourth-order valence-corrected chi connectivity index (χ4v) is 5.60. The molecule has 3 aromatic carbocycles. The highest BCUT2D eigenvalue weighted by Gasteiger charge is 2.45. The van der Waals surface area contributed by atoms with E-state index in [1.54, 1.807) is 0 Å². The van der Waals surface area contributed by atoms with Crippen molar-refractivity contribution in [3.8, 4) is 5.75 Å². The van der Waals surface area contributed by atoms with Crippen LogP contribution in [0.3, 0.4) is 0 Å². The number of rotatable bonds is 8. The van der Waals surface area contributed by atoms with Crippen LogP contribution in [0.25, 0.3) is 0 Å². The number of likely N-dealkylation sites (tertiary alicyclic amines) is 1. The summed E-state index contributed by atoms with van der Waals surface area (Å²) in [5.41, 5.74) is -2.61. The molecule has 1 heterocycles. The van der Waals surface area contributed by atoms with Crippen LogP contribution in [0.2, 0.25) is 0 Å². The van der Waals surface area contributed by atoms with Gasteiger partial charge < -0.3 is 19.7 Å². The standard InChI is InChI=1S/C31H31F6NO3/c32-30(33,34)26-9-5-23(6-10-26)29(39,24-7-11-27(12-8-24)31(35,36)37)25-15-17-38(40,18-16-25)19-21-3-13-28(14-4-21)41-20-22-1-2-22/h3-14,22,25,39H,1-2,15-20H2. The van der Waals surface area contributed by atoms with Crippen LogP contribution in [0.5, 0.6) is 5.75 Å². The van der Waals surface area contributed by atoms with E-state index in [9.17, 15) is 36.7 Å². The van der Waals surface area contributed by atoms with Crippen LogP contribution in [0.1, 0.15) is 53.5 Å². The van der Waals surface area contributed by atoms with E-state index in [4.69, 9.17) is 4.74 Å². The van der Waals surface area contributed by atoms with Crippen molar-refractivity contribution in [3.05, 3.63) is 106 Å². The van der Waals surface area contributed by atoms with Gasteiger partial charge in [0.1, 0.15) is 17.9 Å². The van der Waals surface area contributed by atoms with E-state index >= 15 is 0 Å². The van der Waals surface area contributed by atoms with Crippen molar-refractivity contribution in [3.63, 3.8) is 0 Å². The molecule has 0 radical (unpaired) electrons. The highest BCUT2D eigenvalue weighted by molar-refractivity contribution is 5.40. The van der Waals surface area contributed by atoms with E-state index in [1.807, 2.05) is 24.3 Å². The summed E-state index contributed by atoms with van der Waals surface area (Å²) in [6, 6.07) is 15.4. The summed E-state index contributed by atoms with van der Waals surface area (Å²) in [5, 5.41) is 25.7. The van der Waals surface area contributed by atoms with Crippen molar-refractivity contribution in [2.75, 3.05) is 19.7 Å². The number of halogens is 6. The number of quaternary nitrogens is 1. The second-order valence-electron chi connectivity index (χ2n) is 11.3. The number of nitrogens with zero attached hydrogens (tertiary/aromatic N) is 1. The normalized spacial score (nSPS) is 22.0.